The Labute approximate surface area is 116 Å². The maximum absolute atomic E-state index is 11.8. The van der Waals surface area contributed by atoms with Crippen LogP contribution in [-0.4, -0.2) is 41.8 Å². The van der Waals surface area contributed by atoms with Gasteiger partial charge in [0.1, 0.15) is 5.69 Å². The average molecular weight is 279 g/mol. The molecule has 0 spiro atoms. The van der Waals surface area contributed by atoms with Gasteiger partial charge in [0.15, 0.2) is 6.29 Å². The smallest absolute Gasteiger partial charge is 0.317 e. The zero-order valence-electron chi connectivity index (χ0n) is 10.7. The predicted octanol–water partition coefficient (Wildman–Crippen LogP) is 2.03. The molecule has 0 radical (unpaired) electrons. The Morgan fingerprint density at radius 2 is 2.32 bits per heavy atom. The van der Waals surface area contributed by atoms with Gasteiger partial charge in [-0.3, -0.25) is 4.79 Å². The number of hydrogen-bond acceptors (Lipinski definition) is 4. The number of carbonyl (C=O) groups excluding carboxylic acids is 2. The van der Waals surface area contributed by atoms with Crippen molar-refractivity contribution in [3.63, 3.8) is 0 Å². The van der Waals surface area contributed by atoms with Crippen molar-refractivity contribution in [1.29, 1.82) is 0 Å². The molecule has 0 bridgehead atoms. The van der Waals surface area contributed by atoms with Gasteiger partial charge in [0.25, 0.3) is 0 Å². The Bertz CT molecular complexity index is 464. The monoisotopic (exact) mass is 279 g/mol. The Balaban J connectivity index is 1.86. The summed E-state index contributed by atoms with van der Waals surface area (Å²) in [5, 5.41) is 5.57. The number of rotatable bonds is 4. The second-order valence-corrected chi connectivity index (χ2v) is 5.35. The molecule has 0 unspecified atom stereocenters. The molecule has 6 heteroatoms. The van der Waals surface area contributed by atoms with Crippen molar-refractivity contribution in [3.05, 3.63) is 28.7 Å². The lowest BCUT2D eigenvalue weighted by Crippen LogP contribution is -2.44. The van der Waals surface area contributed by atoms with Crippen molar-refractivity contribution < 1.29 is 9.59 Å². The van der Waals surface area contributed by atoms with Crippen LogP contribution in [0.2, 0.25) is 0 Å². The number of likely N-dealkylation sites (tertiary alicyclic amines) is 1. The highest BCUT2D eigenvalue weighted by molar-refractivity contribution is 7.09. The number of aromatic nitrogens is 1. The SMILES string of the molecule is C=CCNC(=O)N1CCC(c2nc(C=O)cs2)CC1. The summed E-state index contributed by atoms with van der Waals surface area (Å²) < 4.78 is 0. The highest BCUT2D eigenvalue weighted by Crippen LogP contribution is 2.29. The van der Waals surface area contributed by atoms with Crippen LogP contribution in [0.25, 0.3) is 0 Å². The maximum Gasteiger partial charge on any atom is 0.317 e. The predicted molar refractivity (Wildman–Crippen MR) is 74.6 cm³/mol. The summed E-state index contributed by atoms with van der Waals surface area (Å²) in [5.41, 5.74) is 0.506. The van der Waals surface area contributed by atoms with Crippen molar-refractivity contribution in [1.82, 2.24) is 15.2 Å². The van der Waals surface area contributed by atoms with E-state index in [-0.39, 0.29) is 6.03 Å². The number of aldehydes is 1. The quantitative estimate of drug-likeness (QED) is 0.677. The van der Waals surface area contributed by atoms with E-state index in [2.05, 4.69) is 16.9 Å². The fourth-order valence-electron chi connectivity index (χ4n) is 2.14. The van der Waals surface area contributed by atoms with Gasteiger partial charge in [0, 0.05) is 30.9 Å². The van der Waals surface area contributed by atoms with E-state index in [9.17, 15) is 9.59 Å². The minimum absolute atomic E-state index is 0.0360. The molecule has 5 nitrogen and oxygen atoms in total. The molecule has 1 N–H and O–H groups in total. The van der Waals surface area contributed by atoms with Crippen molar-refractivity contribution in [2.75, 3.05) is 19.6 Å². The van der Waals surface area contributed by atoms with Crippen LogP contribution in [0.3, 0.4) is 0 Å². The Hall–Kier alpha value is -1.69. The molecule has 1 aliphatic rings. The van der Waals surface area contributed by atoms with Gasteiger partial charge in [0.2, 0.25) is 0 Å². The number of thiazole rings is 1. The molecule has 102 valence electrons. The normalized spacial score (nSPS) is 16.1. The third-order valence-electron chi connectivity index (χ3n) is 3.19. The molecule has 19 heavy (non-hydrogen) atoms. The molecule has 2 rings (SSSR count). The number of nitrogens with zero attached hydrogens (tertiary/aromatic N) is 2. The Morgan fingerprint density at radius 1 is 1.58 bits per heavy atom. The van der Waals surface area contributed by atoms with E-state index in [0.717, 1.165) is 37.2 Å². The van der Waals surface area contributed by atoms with Crippen LogP contribution in [-0.2, 0) is 0 Å². The Morgan fingerprint density at radius 3 is 2.89 bits per heavy atom. The van der Waals surface area contributed by atoms with Crippen molar-refractivity contribution in [2.24, 2.45) is 0 Å². The average Bonchev–Trinajstić information content (AvgIpc) is 2.94. The highest BCUT2D eigenvalue weighted by atomic mass is 32.1. The molecule has 1 aliphatic heterocycles. The lowest BCUT2D eigenvalue weighted by Gasteiger charge is -2.31. The van der Waals surface area contributed by atoms with Crippen molar-refractivity contribution >= 4 is 23.7 Å². The van der Waals surface area contributed by atoms with Crippen LogP contribution < -0.4 is 5.32 Å². The number of nitrogens with one attached hydrogen (secondary N) is 1. The summed E-state index contributed by atoms with van der Waals surface area (Å²) in [6.45, 7) is 5.52. The van der Waals surface area contributed by atoms with E-state index in [1.807, 2.05) is 4.90 Å². The molecule has 2 amide bonds. The summed E-state index contributed by atoms with van der Waals surface area (Å²) in [7, 11) is 0. The fourth-order valence-corrected chi connectivity index (χ4v) is 3.08. The maximum atomic E-state index is 11.8. The number of amides is 2. The van der Waals surface area contributed by atoms with E-state index < -0.39 is 0 Å². The summed E-state index contributed by atoms with van der Waals surface area (Å²) >= 11 is 1.53. The van der Waals surface area contributed by atoms with Gasteiger partial charge >= 0.3 is 6.03 Å². The molecule has 0 saturated carbocycles. The van der Waals surface area contributed by atoms with Gasteiger partial charge in [0.05, 0.1) is 5.01 Å². The molecular weight excluding hydrogens is 262 g/mol. The van der Waals surface area contributed by atoms with Gasteiger partial charge in [-0.1, -0.05) is 6.08 Å². The summed E-state index contributed by atoms with van der Waals surface area (Å²) in [5.74, 6) is 0.363. The van der Waals surface area contributed by atoms with E-state index in [0.29, 0.717) is 18.2 Å². The third-order valence-corrected chi connectivity index (χ3v) is 4.21. The van der Waals surface area contributed by atoms with Crippen LogP contribution in [0.5, 0.6) is 0 Å². The van der Waals surface area contributed by atoms with Gasteiger partial charge in [-0.25, -0.2) is 9.78 Å². The zero-order valence-corrected chi connectivity index (χ0v) is 11.5. The standard InChI is InChI=1S/C13H17N3O2S/c1-2-5-14-13(18)16-6-3-10(4-7-16)12-15-11(8-17)9-19-12/h2,8-10H,1,3-7H2,(H,14,18). The van der Waals surface area contributed by atoms with Crippen molar-refractivity contribution in [2.45, 2.75) is 18.8 Å². The minimum Gasteiger partial charge on any atom is -0.335 e. The first-order valence-electron chi connectivity index (χ1n) is 6.29. The van der Waals surface area contributed by atoms with Crippen LogP contribution >= 0.6 is 11.3 Å². The van der Waals surface area contributed by atoms with Gasteiger partial charge in [-0.2, -0.15) is 0 Å². The van der Waals surface area contributed by atoms with Gasteiger partial charge < -0.3 is 10.2 Å². The van der Waals surface area contributed by atoms with Crippen LogP contribution in [0, 0.1) is 0 Å². The van der Waals surface area contributed by atoms with E-state index in [1.165, 1.54) is 11.3 Å². The molecular formula is C13H17N3O2S. The largest absolute Gasteiger partial charge is 0.335 e. The lowest BCUT2D eigenvalue weighted by atomic mass is 9.98. The first-order chi connectivity index (χ1) is 9.24. The van der Waals surface area contributed by atoms with E-state index in [1.54, 1.807) is 11.5 Å². The summed E-state index contributed by atoms with van der Waals surface area (Å²) in [6.07, 6.45) is 4.24. The van der Waals surface area contributed by atoms with E-state index >= 15 is 0 Å². The molecule has 1 saturated heterocycles. The summed E-state index contributed by atoms with van der Waals surface area (Å²) in [6, 6.07) is -0.0360. The van der Waals surface area contributed by atoms with Gasteiger partial charge in [-0.05, 0) is 12.8 Å². The second kappa shape index (κ2) is 6.47. The molecule has 1 aromatic rings. The molecule has 0 atom stereocenters. The molecule has 0 aromatic carbocycles. The highest BCUT2D eigenvalue weighted by Gasteiger charge is 2.25. The van der Waals surface area contributed by atoms with E-state index in [4.69, 9.17) is 0 Å². The molecule has 1 aromatic heterocycles. The number of carbonyl (C=O) groups is 2. The first kappa shape index (κ1) is 13.7. The molecule has 2 heterocycles. The first-order valence-corrected chi connectivity index (χ1v) is 7.17. The zero-order chi connectivity index (χ0) is 13.7. The summed E-state index contributed by atoms with van der Waals surface area (Å²) in [4.78, 5) is 28.5. The second-order valence-electron chi connectivity index (χ2n) is 4.46. The molecule has 1 fully saturated rings. The lowest BCUT2D eigenvalue weighted by molar-refractivity contribution is 0.111. The number of urea groups is 1. The minimum atomic E-state index is -0.0360. The fraction of sp³-hybridized carbons (Fsp3) is 0.462. The molecule has 0 aliphatic carbocycles. The van der Waals surface area contributed by atoms with Gasteiger partial charge in [-0.15, -0.1) is 17.9 Å². The number of hydrogen-bond donors (Lipinski definition) is 1. The van der Waals surface area contributed by atoms with Crippen LogP contribution in [0.4, 0.5) is 4.79 Å². The van der Waals surface area contributed by atoms with Crippen molar-refractivity contribution in [3.8, 4) is 0 Å². The Kier molecular flexibility index (Phi) is 4.68. The third kappa shape index (κ3) is 3.41. The van der Waals surface area contributed by atoms with Crippen LogP contribution in [0.15, 0.2) is 18.0 Å². The topological polar surface area (TPSA) is 62.3 Å². The van der Waals surface area contributed by atoms with Crippen LogP contribution in [0.1, 0.15) is 34.3 Å². The number of piperidine rings is 1.